The van der Waals surface area contributed by atoms with Crippen molar-refractivity contribution >= 4 is 15.9 Å². The maximum absolute atomic E-state index is 13.3. The molecule has 0 N–H and O–H groups in total. The van der Waals surface area contributed by atoms with Gasteiger partial charge < -0.3 is 0 Å². The van der Waals surface area contributed by atoms with Crippen molar-refractivity contribution in [3.63, 3.8) is 0 Å². The van der Waals surface area contributed by atoms with Crippen molar-refractivity contribution in [3.05, 3.63) is 35.4 Å². The van der Waals surface area contributed by atoms with Crippen molar-refractivity contribution < 1.29 is 17.4 Å². The number of carbonyl (C=O) groups is 1. The molecule has 5 heteroatoms. The number of fused-ring (bicyclic) bond motifs is 3. The number of Topliss-reactive ketones (excluding diaryl/α,β-unsaturated/α-hetero) is 1. The number of benzene rings is 1. The molecule has 0 amide bonds. The highest BCUT2D eigenvalue weighted by Gasteiger charge is 2.65. The molecule has 1 aromatic rings. The van der Waals surface area contributed by atoms with Gasteiger partial charge in [-0.15, -0.1) is 0 Å². The summed E-state index contributed by atoms with van der Waals surface area (Å²) in [6.07, 6.45) is 7.65. The van der Waals surface area contributed by atoms with Gasteiger partial charge in [0, 0.05) is 11.8 Å². The summed E-state index contributed by atoms with van der Waals surface area (Å²) in [7, 11) is -3.78. The summed E-state index contributed by atoms with van der Waals surface area (Å²) in [5, 5.41) is 0. The smallest absolute Gasteiger partial charge is 0.268 e. The predicted octanol–water partition coefficient (Wildman–Crippen LogP) is 4.46. The number of rotatable bonds is 4. The Morgan fingerprint density at radius 2 is 1.72 bits per heavy atom. The van der Waals surface area contributed by atoms with E-state index in [1.165, 1.54) is 11.1 Å². The second-order valence-electron chi connectivity index (χ2n) is 10.7. The van der Waals surface area contributed by atoms with Crippen molar-refractivity contribution in [2.45, 2.75) is 77.7 Å². The number of hydrogen-bond donors (Lipinski definition) is 0. The molecule has 3 saturated carbocycles. The van der Waals surface area contributed by atoms with Crippen LogP contribution in [0.2, 0.25) is 0 Å². The third kappa shape index (κ3) is 2.87. The molecule has 4 aliphatic rings. The molecule has 0 radical (unpaired) electrons. The number of hydrogen-bond acceptors (Lipinski definition) is 4. The zero-order valence-electron chi connectivity index (χ0n) is 17.6. The van der Waals surface area contributed by atoms with Gasteiger partial charge in [0.2, 0.25) is 0 Å². The predicted molar refractivity (Wildman–Crippen MR) is 112 cm³/mol. The van der Waals surface area contributed by atoms with E-state index in [0.717, 1.165) is 44.9 Å². The first kappa shape index (κ1) is 19.7. The van der Waals surface area contributed by atoms with Crippen LogP contribution in [0, 0.1) is 22.2 Å². The number of ketones is 1. The van der Waals surface area contributed by atoms with Gasteiger partial charge in [-0.2, -0.15) is 8.42 Å². The Morgan fingerprint density at radius 3 is 2.31 bits per heavy atom. The highest BCUT2D eigenvalue weighted by molar-refractivity contribution is 7.86. The largest absolute Gasteiger partial charge is 0.299 e. The Hall–Kier alpha value is -1.20. The first-order valence-corrected chi connectivity index (χ1v) is 12.8. The highest BCUT2D eigenvalue weighted by Crippen LogP contribution is 2.64. The van der Waals surface area contributed by atoms with E-state index >= 15 is 0 Å². The second kappa shape index (κ2) is 6.40. The lowest BCUT2D eigenvalue weighted by atomic mass is 9.70. The van der Waals surface area contributed by atoms with Crippen LogP contribution in [0.1, 0.15) is 69.9 Å². The molecule has 0 aliphatic heterocycles. The average molecular weight is 417 g/mol. The summed E-state index contributed by atoms with van der Waals surface area (Å²) in [6, 6.07) is 8.47. The van der Waals surface area contributed by atoms with Gasteiger partial charge in [0.1, 0.15) is 5.78 Å². The molecule has 0 saturated heterocycles. The molecule has 4 nitrogen and oxygen atoms in total. The molecule has 1 spiro atoms. The van der Waals surface area contributed by atoms with Crippen LogP contribution < -0.4 is 0 Å². The molecule has 4 aliphatic carbocycles. The molecule has 0 aromatic heterocycles. The van der Waals surface area contributed by atoms with Crippen LogP contribution >= 0.6 is 0 Å². The fourth-order valence-corrected chi connectivity index (χ4v) is 9.18. The van der Waals surface area contributed by atoms with Crippen LogP contribution in [0.4, 0.5) is 0 Å². The molecule has 3 atom stereocenters. The molecule has 2 bridgehead atoms. The van der Waals surface area contributed by atoms with Gasteiger partial charge in [0.25, 0.3) is 10.1 Å². The number of carbonyl (C=O) groups excluding carboxylic acids is 1. The topological polar surface area (TPSA) is 60.4 Å². The maximum atomic E-state index is 13.3. The fraction of sp³-hybridized carbons (Fsp3) is 0.708. The van der Waals surface area contributed by atoms with Crippen molar-refractivity contribution in [2.75, 3.05) is 5.75 Å². The van der Waals surface area contributed by atoms with Gasteiger partial charge in [0.05, 0.1) is 17.3 Å². The van der Waals surface area contributed by atoms with Gasteiger partial charge in [-0.25, -0.2) is 0 Å². The van der Waals surface area contributed by atoms with Crippen LogP contribution in [-0.4, -0.2) is 26.1 Å². The molecule has 1 aromatic carbocycles. The third-order valence-electron chi connectivity index (χ3n) is 9.10. The van der Waals surface area contributed by atoms with Gasteiger partial charge in [-0.05, 0) is 61.0 Å². The van der Waals surface area contributed by atoms with Crippen molar-refractivity contribution in [2.24, 2.45) is 22.2 Å². The summed E-state index contributed by atoms with van der Waals surface area (Å²) in [6.45, 7) is 4.17. The van der Waals surface area contributed by atoms with E-state index in [2.05, 4.69) is 38.1 Å². The summed E-state index contributed by atoms with van der Waals surface area (Å²) >= 11 is 0. The fourth-order valence-electron chi connectivity index (χ4n) is 7.17. The van der Waals surface area contributed by atoms with Gasteiger partial charge in [-0.1, -0.05) is 51.0 Å². The minimum Gasteiger partial charge on any atom is -0.299 e. The molecule has 0 heterocycles. The van der Waals surface area contributed by atoms with E-state index < -0.39 is 15.5 Å². The Morgan fingerprint density at radius 1 is 1.03 bits per heavy atom. The van der Waals surface area contributed by atoms with E-state index in [1.807, 2.05) is 0 Å². The average Bonchev–Trinajstić information content (AvgIpc) is 3.19. The lowest BCUT2D eigenvalue weighted by Gasteiger charge is -2.42. The molecule has 158 valence electrons. The molecule has 29 heavy (non-hydrogen) atoms. The molecular formula is C24H32O4S. The molecule has 0 unspecified atom stereocenters. The van der Waals surface area contributed by atoms with E-state index in [0.29, 0.717) is 18.8 Å². The van der Waals surface area contributed by atoms with E-state index in [-0.39, 0.29) is 28.5 Å². The van der Waals surface area contributed by atoms with Gasteiger partial charge in [0.15, 0.2) is 0 Å². The van der Waals surface area contributed by atoms with Crippen molar-refractivity contribution in [1.29, 1.82) is 0 Å². The van der Waals surface area contributed by atoms with Crippen LogP contribution in [0.5, 0.6) is 0 Å². The quantitative estimate of drug-likeness (QED) is 0.680. The van der Waals surface area contributed by atoms with Crippen LogP contribution in [0.3, 0.4) is 0 Å². The van der Waals surface area contributed by atoms with Crippen LogP contribution in [0.25, 0.3) is 0 Å². The van der Waals surface area contributed by atoms with Gasteiger partial charge in [-0.3, -0.25) is 8.98 Å². The molecular weight excluding hydrogens is 384 g/mol. The lowest BCUT2D eigenvalue weighted by Crippen LogP contribution is -2.46. The standard InChI is InChI=1S/C24H32O4S/c1-22(2)19-10-12-24(22,20(25)13-19)16-29(26,27)28-21-9-5-6-11-23(21)14-17-7-3-4-8-18(17)15-23/h3-4,7-8,19,21H,5-6,9-16H2,1-2H3/t19-,21-,24-/m1/s1. The van der Waals surface area contributed by atoms with E-state index in [1.54, 1.807) is 0 Å². The maximum Gasteiger partial charge on any atom is 0.268 e. The summed E-state index contributed by atoms with van der Waals surface area (Å²) in [5.41, 5.74) is 1.56. The van der Waals surface area contributed by atoms with Crippen LogP contribution in [-0.2, 0) is 31.9 Å². The second-order valence-corrected chi connectivity index (χ2v) is 12.3. The first-order chi connectivity index (χ1) is 13.7. The molecule has 5 rings (SSSR count). The van der Waals surface area contributed by atoms with Crippen LogP contribution in [0.15, 0.2) is 24.3 Å². The normalized spacial score (nSPS) is 34.6. The monoisotopic (exact) mass is 416 g/mol. The Balaban J connectivity index is 1.40. The SMILES string of the molecule is CC1(C)[C@@H]2CC[C@@]1(CS(=O)(=O)O[C@@H]1CCCCC13Cc1ccccc1C3)C(=O)C2. The Labute approximate surface area is 174 Å². The lowest BCUT2D eigenvalue weighted by molar-refractivity contribution is -0.128. The minimum atomic E-state index is -3.78. The first-order valence-electron chi connectivity index (χ1n) is 11.2. The van der Waals surface area contributed by atoms with Crippen molar-refractivity contribution in [1.82, 2.24) is 0 Å². The zero-order chi connectivity index (χ0) is 20.5. The van der Waals surface area contributed by atoms with Gasteiger partial charge >= 0.3 is 0 Å². The summed E-state index contributed by atoms with van der Waals surface area (Å²) in [4.78, 5) is 12.8. The molecule has 3 fully saturated rings. The third-order valence-corrected chi connectivity index (χ3v) is 10.5. The highest BCUT2D eigenvalue weighted by atomic mass is 32.2. The Kier molecular flexibility index (Phi) is 4.36. The zero-order valence-corrected chi connectivity index (χ0v) is 18.4. The van der Waals surface area contributed by atoms with E-state index in [9.17, 15) is 13.2 Å². The summed E-state index contributed by atoms with van der Waals surface area (Å²) < 4.78 is 32.6. The summed E-state index contributed by atoms with van der Waals surface area (Å²) in [5.74, 6) is 0.315. The van der Waals surface area contributed by atoms with E-state index in [4.69, 9.17) is 4.18 Å². The minimum absolute atomic E-state index is 0.111. The van der Waals surface area contributed by atoms with Crippen molar-refractivity contribution in [3.8, 4) is 0 Å². The Bertz CT molecular complexity index is 922.